The monoisotopic (exact) mass is 285 g/mol. The predicted molar refractivity (Wildman–Crippen MR) is 64.8 cm³/mol. The minimum absolute atomic E-state index is 0.128. The van der Waals surface area contributed by atoms with Crippen LogP contribution in [0, 0.1) is 0 Å². The van der Waals surface area contributed by atoms with E-state index in [1.165, 1.54) is 29.2 Å². The molecule has 0 radical (unpaired) electrons. The molecule has 20 heavy (non-hydrogen) atoms. The number of rotatable bonds is 4. The number of halogens is 2. The van der Waals surface area contributed by atoms with Crippen LogP contribution in [0.1, 0.15) is 23.2 Å². The number of carbonyl (C=O) groups excluding carboxylic acids is 1. The molecule has 1 aliphatic heterocycles. The Kier molecular flexibility index (Phi) is 4.16. The molecular formula is C13H13F2NO4. The Morgan fingerprint density at radius 3 is 2.80 bits per heavy atom. The summed E-state index contributed by atoms with van der Waals surface area (Å²) >= 11 is 0. The highest BCUT2D eigenvalue weighted by Gasteiger charge is 2.34. The maximum atomic E-state index is 12.2. The van der Waals surface area contributed by atoms with Gasteiger partial charge in [-0.15, -0.1) is 0 Å². The fourth-order valence-corrected chi connectivity index (χ4v) is 2.24. The second-order valence-corrected chi connectivity index (χ2v) is 4.40. The number of carbonyl (C=O) groups is 2. The van der Waals surface area contributed by atoms with E-state index in [1.807, 2.05) is 0 Å². The van der Waals surface area contributed by atoms with Crippen molar-refractivity contribution in [2.75, 3.05) is 6.54 Å². The molecule has 7 heteroatoms. The van der Waals surface area contributed by atoms with Crippen LogP contribution in [0.25, 0.3) is 0 Å². The van der Waals surface area contributed by atoms with Crippen molar-refractivity contribution < 1.29 is 28.2 Å². The van der Waals surface area contributed by atoms with Crippen LogP contribution in [0.15, 0.2) is 24.3 Å². The van der Waals surface area contributed by atoms with Crippen molar-refractivity contribution in [2.45, 2.75) is 25.5 Å². The number of carboxylic acid groups (broad SMARTS) is 1. The summed E-state index contributed by atoms with van der Waals surface area (Å²) in [5, 5.41) is 9.04. The average Bonchev–Trinajstić information content (AvgIpc) is 2.86. The van der Waals surface area contributed by atoms with Crippen molar-refractivity contribution in [3.63, 3.8) is 0 Å². The summed E-state index contributed by atoms with van der Waals surface area (Å²) in [6, 6.07) is 4.49. The van der Waals surface area contributed by atoms with Gasteiger partial charge in [0.2, 0.25) is 0 Å². The highest BCUT2D eigenvalue weighted by atomic mass is 19.3. The lowest BCUT2D eigenvalue weighted by molar-refractivity contribution is -0.141. The highest BCUT2D eigenvalue weighted by molar-refractivity contribution is 5.97. The third-order valence-electron chi connectivity index (χ3n) is 3.10. The maximum absolute atomic E-state index is 12.2. The summed E-state index contributed by atoms with van der Waals surface area (Å²) in [4.78, 5) is 24.5. The number of carboxylic acids is 1. The number of ether oxygens (including phenoxy) is 1. The predicted octanol–water partition coefficient (Wildman–Crippen LogP) is 1.98. The maximum Gasteiger partial charge on any atom is 0.387 e. The van der Waals surface area contributed by atoms with Gasteiger partial charge in [0.25, 0.3) is 5.91 Å². The molecule has 0 spiro atoms. The molecule has 1 aromatic rings. The topological polar surface area (TPSA) is 66.8 Å². The van der Waals surface area contributed by atoms with Gasteiger partial charge in [-0.05, 0) is 31.0 Å². The standard InChI is InChI=1S/C13H13F2NO4/c14-13(15)20-9-4-1-3-8(7-9)11(17)16-6-2-5-10(16)12(18)19/h1,3-4,7,10,13H,2,5-6H2,(H,18,19)/t10-/m0/s1. The Bertz CT molecular complexity index is 521. The first kappa shape index (κ1) is 14.2. The normalized spacial score (nSPS) is 18.4. The fourth-order valence-electron chi connectivity index (χ4n) is 2.24. The molecule has 1 amide bonds. The number of aliphatic carboxylic acids is 1. The lowest BCUT2D eigenvalue weighted by Gasteiger charge is -2.21. The lowest BCUT2D eigenvalue weighted by Crippen LogP contribution is -2.40. The largest absolute Gasteiger partial charge is 0.480 e. The number of likely N-dealkylation sites (tertiary alicyclic amines) is 1. The first-order valence-corrected chi connectivity index (χ1v) is 6.07. The number of benzene rings is 1. The van der Waals surface area contributed by atoms with Gasteiger partial charge >= 0.3 is 12.6 Å². The van der Waals surface area contributed by atoms with E-state index in [4.69, 9.17) is 5.11 Å². The summed E-state index contributed by atoms with van der Waals surface area (Å²) in [6.45, 7) is -2.63. The molecule has 1 fully saturated rings. The van der Waals surface area contributed by atoms with Crippen molar-refractivity contribution in [3.8, 4) is 5.75 Å². The van der Waals surface area contributed by atoms with E-state index in [2.05, 4.69) is 4.74 Å². The summed E-state index contributed by atoms with van der Waals surface area (Å²) < 4.78 is 28.5. The van der Waals surface area contributed by atoms with E-state index in [9.17, 15) is 18.4 Å². The first-order valence-electron chi connectivity index (χ1n) is 6.07. The van der Waals surface area contributed by atoms with Crippen LogP contribution in [-0.4, -0.2) is 41.1 Å². The van der Waals surface area contributed by atoms with Crippen molar-refractivity contribution in [1.82, 2.24) is 4.90 Å². The Labute approximate surface area is 113 Å². The summed E-state index contributed by atoms with van der Waals surface area (Å²) in [5.41, 5.74) is 0.135. The van der Waals surface area contributed by atoms with Gasteiger partial charge in [0, 0.05) is 12.1 Å². The molecule has 0 saturated carbocycles. The van der Waals surface area contributed by atoms with Crippen molar-refractivity contribution in [3.05, 3.63) is 29.8 Å². The van der Waals surface area contributed by atoms with Crippen LogP contribution in [0.3, 0.4) is 0 Å². The third kappa shape index (κ3) is 3.04. The molecule has 108 valence electrons. The van der Waals surface area contributed by atoms with E-state index in [0.29, 0.717) is 19.4 Å². The molecule has 5 nitrogen and oxygen atoms in total. The molecular weight excluding hydrogens is 272 g/mol. The fraction of sp³-hybridized carbons (Fsp3) is 0.385. The summed E-state index contributed by atoms with van der Waals surface area (Å²) in [5.74, 6) is -1.68. The Hall–Kier alpha value is -2.18. The molecule has 2 rings (SSSR count). The molecule has 0 aliphatic carbocycles. The van der Waals surface area contributed by atoms with Crippen LogP contribution in [0.5, 0.6) is 5.75 Å². The molecule has 0 unspecified atom stereocenters. The number of hydrogen-bond acceptors (Lipinski definition) is 3. The van der Waals surface area contributed by atoms with Crippen LogP contribution < -0.4 is 4.74 Å². The SMILES string of the molecule is O=C(O)[C@@H]1CCCN1C(=O)c1cccc(OC(F)F)c1. The zero-order chi connectivity index (χ0) is 14.7. The van der Waals surface area contributed by atoms with E-state index in [1.54, 1.807) is 0 Å². The zero-order valence-electron chi connectivity index (χ0n) is 10.5. The van der Waals surface area contributed by atoms with Gasteiger partial charge in [-0.25, -0.2) is 4.79 Å². The second-order valence-electron chi connectivity index (χ2n) is 4.40. The van der Waals surface area contributed by atoms with Gasteiger partial charge in [0.05, 0.1) is 0 Å². The summed E-state index contributed by atoms with van der Waals surface area (Å²) in [7, 11) is 0. The van der Waals surface area contributed by atoms with Crippen molar-refractivity contribution >= 4 is 11.9 Å². The van der Waals surface area contributed by atoms with Crippen molar-refractivity contribution in [1.29, 1.82) is 0 Å². The van der Waals surface area contributed by atoms with E-state index < -0.39 is 24.5 Å². The third-order valence-corrected chi connectivity index (χ3v) is 3.10. The van der Waals surface area contributed by atoms with Crippen molar-refractivity contribution in [2.24, 2.45) is 0 Å². The van der Waals surface area contributed by atoms with Gasteiger partial charge < -0.3 is 14.7 Å². The van der Waals surface area contributed by atoms with E-state index >= 15 is 0 Å². The summed E-state index contributed by atoms with van der Waals surface area (Å²) in [6.07, 6.45) is 1.00. The Morgan fingerprint density at radius 2 is 2.15 bits per heavy atom. The van der Waals surface area contributed by atoms with Gasteiger partial charge in [-0.3, -0.25) is 4.79 Å². The molecule has 0 bridgehead atoms. The van der Waals surface area contributed by atoms with Gasteiger partial charge in [-0.2, -0.15) is 8.78 Å². The molecule has 1 atom stereocenters. The van der Waals surface area contributed by atoms with Crippen LogP contribution in [0.4, 0.5) is 8.78 Å². The molecule has 1 heterocycles. The minimum atomic E-state index is -2.97. The quantitative estimate of drug-likeness (QED) is 0.918. The average molecular weight is 285 g/mol. The molecule has 1 N–H and O–H groups in total. The number of nitrogens with zero attached hydrogens (tertiary/aromatic N) is 1. The highest BCUT2D eigenvalue weighted by Crippen LogP contribution is 2.22. The Morgan fingerprint density at radius 1 is 1.40 bits per heavy atom. The molecule has 1 aromatic carbocycles. The molecule has 1 aliphatic rings. The van der Waals surface area contributed by atoms with Gasteiger partial charge in [0.1, 0.15) is 11.8 Å². The number of alkyl halides is 2. The zero-order valence-corrected chi connectivity index (χ0v) is 10.5. The first-order chi connectivity index (χ1) is 9.49. The Balaban J connectivity index is 2.18. The number of amides is 1. The van der Waals surface area contributed by atoms with Gasteiger partial charge in [0.15, 0.2) is 0 Å². The van der Waals surface area contributed by atoms with Gasteiger partial charge in [-0.1, -0.05) is 6.07 Å². The minimum Gasteiger partial charge on any atom is -0.480 e. The smallest absolute Gasteiger partial charge is 0.387 e. The van der Waals surface area contributed by atoms with E-state index in [-0.39, 0.29) is 11.3 Å². The van der Waals surface area contributed by atoms with E-state index in [0.717, 1.165) is 0 Å². The molecule has 1 saturated heterocycles. The van der Waals surface area contributed by atoms with Crippen LogP contribution in [-0.2, 0) is 4.79 Å². The number of hydrogen-bond donors (Lipinski definition) is 1. The van der Waals surface area contributed by atoms with Crippen LogP contribution >= 0.6 is 0 Å². The lowest BCUT2D eigenvalue weighted by atomic mass is 10.1. The second kappa shape index (κ2) is 5.85. The molecule has 0 aromatic heterocycles. The van der Waals surface area contributed by atoms with Crippen LogP contribution in [0.2, 0.25) is 0 Å².